The van der Waals surface area contributed by atoms with Crippen LogP contribution in [0.4, 0.5) is 11.4 Å². The molecule has 1 N–H and O–H groups in total. The fourth-order valence-electron chi connectivity index (χ4n) is 2.94. The quantitative estimate of drug-likeness (QED) is 0.543. The van der Waals surface area contributed by atoms with Crippen LogP contribution in [0, 0.1) is 0 Å². The molecule has 0 radical (unpaired) electrons. The van der Waals surface area contributed by atoms with Crippen LogP contribution in [0.5, 0.6) is 0 Å². The lowest BCUT2D eigenvalue weighted by atomic mass is 10.2. The van der Waals surface area contributed by atoms with Gasteiger partial charge in [-0.15, -0.1) is 11.3 Å². The van der Waals surface area contributed by atoms with Crippen LogP contribution in [0.25, 0.3) is 10.2 Å². The number of nitrogens with zero attached hydrogens (tertiary/aromatic N) is 3. The number of hydrogen-bond acceptors (Lipinski definition) is 6. The van der Waals surface area contributed by atoms with Crippen LogP contribution in [0.1, 0.15) is 12.8 Å². The number of carbonyl (C=O) groups is 1. The van der Waals surface area contributed by atoms with Crippen molar-refractivity contribution in [2.45, 2.75) is 17.9 Å². The van der Waals surface area contributed by atoms with Crippen molar-refractivity contribution in [1.82, 2.24) is 9.97 Å². The predicted molar refractivity (Wildman–Crippen MR) is 105 cm³/mol. The van der Waals surface area contributed by atoms with E-state index in [9.17, 15) is 4.79 Å². The smallest absolute Gasteiger partial charge is 0.234 e. The maximum Gasteiger partial charge on any atom is 0.234 e. The second-order valence-corrected chi connectivity index (χ2v) is 7.75. The van der Waals surface area contributed by atoms with Crippen LogP contribution < -0.4 is 10.2 Å². The van der Waals surface area contributed by atoms with E-state index in [0.717, 1.165) is 34.0 Å². The third-order valence-electron chi connectivity index (χ3n) is 4.19. The first-order valence-corrected chi connectivity index (χ1v) is 10.1. The van der Waals surface area contributed by atoms with Crippen molar-refractivity contribution in [2.24, 2.45) is 0 Å². The minimum Gasteiger partial charge on any atom is -0.372 e. The van der Waals surface area contributed by atoms with Crippen molar-refractivity contribution in [1.29, 1.82) is 0 Å². The first kappa shape index (κ1) is 16.4. The third kappa shape index (κ3) is 3.77. The van der Waals surface area contributed by atoms with Gasteiger partial charge in [0.1, 0.15) is 16.2 Å². The Bertz CT molecular complexity index is 872. The zero-order chi connectivity index (χ0) is 17.1. The standard InChI is InChI=1S/C18H18N4OS2/c23-16(11-25-18-15-7-10-24-17(15)19-12-20-18)21-13-3-5-14(6-4-13)22-8-1-2-9-22/h3-7,10,12H,1-2,8-9,11H2,(H,21,23). The van der Waals surface area contributed by atoms with Gasteiger partial charge in [-0.3, -0.25) is 4.79 Å². The van der Waals surface area contributed by atoms with E-state index in [1.54, 1.807) is 17.7 Å². The topological polar surface area (TPSA) is 58.1 Å². The molecule has 0 atom stereocenters. The van der Waals surface area contributed by atoms with E-state index in [0.29, 0.717) is 5.75 Å². The highest BCUT2D eigenvalue weighted by Crippen LogP contribution is 2.28. The SMILES string of the molecule is O=C(CSc1ncnc2sccc12)Nc1ccc(N2CCCC2)cc1. The monoisotopic (exact) mass is 370 g/mol. The first-order chi connectivity index (χ1) is 12.3. The maximum atomic E-state index is 12.2. The van der Waals surface area contributed by atoms with Gasteiger partial charge in [-0.2, -0.15) is 0 Å². The summed E-state index contributed by atoms with van der Waals surface area (Å²) < 4.78 is 0. The molecule has 5 nitrogen and oxygen atoms in total. The third-order valence-corrected chi connectivity index (χ3v) is 6.01. The van der Waals surface area contributed by atoms with Gasteiger partial charge in [0.15, 0.2) is 0 Å². The largest absolute Gasteiger partial charge is 0.372 e. The molecule has 1 fully saturated rings. The summed E-state index contributed by atoms with van der Waals surface area (Å²) in [4.78, 5) is 24.1. The molecule has 3 heterocycles. The Morgan fingerprint density at radius 1 is 1.16 bits per heavy atom. The summed E-state index contributed by atoms with van der Waals surface area (Å²) in [5, 5.41) is 6.81. The number of anilines is 2. The molecule has 128 valence electrons. The number of carbonyl (C=O) groups excluding carboxylic acids is 1. The first-order valence-electron chi connectivity index (χ1n) is 8.25. The second kappa shape index (κ2) is 7.41. The summed E-state index contributed by atoms with van der Waals surface area (Å²) in [6.07, 6.45) is 4.07. The van der Waals surface area contributed by atoms with Crippen molar-refractivity contribution >= 4 is 50.6 Å². The van der Waals surface area contributed by atoms with Gasteiger partial charge in [0.2, 0.25) is 5.91 Å². The molecule has 1 aromatic carbocycles. The van der Waals surface area contributed by atoms with Gasteiger partial charge in [-0.05, 0) is 48.6 Å². The van der Waals surface area contributed by atoms with Gasteiger partial charge >= 0.3 is 0 Å². The van der Waals surface area contributed by atoms with Gasteiger partial charge in [0.25, 0.3) is 0 Å². The van der Waals surface area contributed by atoms with Crippen molar-refractivity contribution < 1.29 is 4.79 Å². The minimum atomic E-state index is -0.0269. The highest BCUT2D eigenvalue weighted by Gasteiger charge is 2.12. The molecule has 3 aromatic rings. The fraction of sp³-hybridized carbons (Fsp3) is 0.278. The second-order valence-electron chi connectivity index (χ2n) is 5.90. The van der Waals surface area contributed by atoms with Crippen LogP contribution in [0.15, 0.2) is 47.1 Å². The van der Waals surface area contributed by atoms with E-state index in [1.165, 1.54) is 30.3 Å². The number of hydrogen-bond donors (Lipinski definition) is 1. The van der Waals surface area contributed by atoms with Crippen molar-refractivity contribution in [3.63, 3.8) is 0 Å². The minimum absolute atomic E-state index is 0.0269. The van der Waals surface area contributed by atoms with Gasteiger partial charge in [0.05, 0.1) is 5.75 Å². The highest BCUT2D eigenvalue weighted by atomic mass is 32.2. The normalized spacial score (nSPS) is 14.2. The molecule has 7 heteroatoms. The Hall–Kier alpha value is -2.12. The maximum absolute atomic E-state index is 12.2. The molecule has 1 aliphatic heterocycles. The average Bonchev–Trinajstić information content (AvgIpc) is 3.32. The molecule has 0 bridgehead atoms. The lowest BCUT2D eigenvalue weighted by Gasteiger charge is -2.17. The molecule has 4 rings (SSSR count). The van der Waals surface area contributed by atoms with Crippen LogP contribution >= 0.6 is 23.1 Å². The lowest BCUT2D eigenvalue weighted by molar-refractivity contribution is -0.113. The molecule has 1 aliphatic rings. The lowest BCUT2D eigenvalue weighted by Crippen LogP contribution is -2.18. The number of nitrogens with one attached hydrogen (secondary N) is 1. The summed E-state index contributed by atoms with van der Waals surface area (Å²) >= 11 is 3.02. The number of thiophene rings is 1. The summed E-state index contributed by atoms with van der Waals surface area (Å²) in [5.41, 5.74) is 2.06. The molecule has 0 aliphatic carbocycles. The van der Waals surface area contributed by atoms with E-state index < -0.39 is 0 Å². The zero-order valence-electron chi connectivity index (χ0n) is 13.6. The number of benzene rings is 1. The van der Waals surface area contributed by atoms with Crippen LogP contribution in [-0.4, -0.2) is 34.7 Å². The van der Waals surface area contributed by atoms with E-state index >= 15 is 0 Å². The summed E-state index contributed by atoms with van der Waals surface area (Å²) in [6.45, 7) is 2.25. The van der Waals surface area contributed by atoms with E-state index in [2.05, 4.69) is 32.3 Å². The Balaban J connectivity index is 1.35. The molecular weight excluding hydrogens is 352 g/mol. The summed E-state index contributed by atoms with van der Waals surface area (Å²) in [5.74, 6) is 0.302. The van der Waals surface area contributed by atoms with Gasteiger partial charge in [-0.1, -0.05) is 11.8 Å². The van der Waals surface area contributed by atoms with Crippen LogP contribution in [-0.2, 0) is 4.79 Å². The van der Waals surface area contributed by atoms with Crippen molar-refractivity contribution in [3.05, 3.63) is 42.0 Å². The van der Waals surface area contributed by atoms with Gasteiger partial charge in [0, 0.05) is 29.9 Å². The fourth-order valence-corrected chi connectivity index (χ4v) is 4.52. The van der Waals surface area contributed by atoms with Gasteiger partial charge < -0.3 is 10.2 Å². The predicted octanol–water partition coefficient (Wildman–Crippen LogP) is 4.02. The molecule has 0 spiro atoms. The van der Waals surface area contributed by atoms with E-state index in [1.807, 2.05) is 23.6 Å². The van der Waals surface area contributed by atoms with Crippen molar-refractivity contribution in [3.8, 4) is 0 Å². The van der Waals surface area contributed by atoms with E-state index in [-0.39, 0.29) is 5.91 Å². The Labute approximate surface area is 154 Å². The number of fused-ring (bicyclic) bond motifs is 1. The molecular formula is C18H18N4OS2. The summed E-state index contributed by atoms with van der Waals surface area (Å²) in [7, 11) is 0. The highest BCUT2D eigenvalue weighted by molar-refractivity contribution is 8.00. The zero-order valence-corrected chi connectivity index (χ0v) is 15.3. The number of thioether (sulfide) groups is 1. The molecule has 2 aromatic heterocycles. The van der Waals surface area contributed by atoms with Gasteiger partial charge in [-0.25, -0.2) is 9.97 Å². The number of rotatable bonds is 5. The Kier molecular flexibility index (Phi) is 4.85. The average molecular weight is 371 g/mol. The Morgan fingerprint density at radius 3 is 2.76 bits per heavy atom. The van der Waals surface area contributed by atoms with E-state index in [4.69, 9.17) is 0 Å². The molecule has 0 unspecified atom stereocenters. The van der Waals surface area contributed by atoms with Crippen LogP contribution in [0.2, 0.25) is 0 Å². The summed E-state index contributed by atoms with van der Waals surface area (Å²) in [6, 6.07) is 10.1. The number of aromatic nitrogens is 2. The van der Waals surface area contributed by atoms with Crippen LogP contribution in [0.3, 0.4) is 0 Å². The molecule has 1 saturated heterocycles. The van der Waals surface area contributed by atoms with Crippen molar-refractivity contribution in [2.75, 3.05) is 29.1 Å². The molecule has 0 saturated carbocycles. The number of amides is 1. The molecule has 25 heavy (non-hydrogen) atoms. The molecule has 1 amide bonds. The Morgan fingerprint density at radius 2 is 1.96 bits per heavy atom.